The molecule has 1 saturated heterocycles. The Kier molecular flexibility index (Phi) is 4.88. The zero-order valence-corrected chi connectivity index (χ0v) is 14.9. The molecule has 0 radical (unpaired) electrons. The number of nitrogens with one attached hydrogen (secondary N) is 2. The summed E-state index contributed by atoms with van der Waals surface area (Å²) in [5, 5.41) is 7.81. The number of anilines is 1. The average Bonchev–Trinajstić information content (AvgIpc) is 3.34. The number of benzene rings is 2. The summed E-state index contributed by atoms with van der Waals surface area (Å²) in [6.07, 6.45) is 3.04. The Morgan fingerprint density at radius 1 is 1.23 bits per heavy atom. The molecule has 4 rings (SSSR count). The molecule has 1 aromatic heterocycles. The molecule has 1 aliphatic heterocycles. The molecular weight excluding hydrogens is 326 g/mol. The molecule has 1 atom stereocenters. The maximum Gasteiger partial charge on any atom is 0.133 e. The van der Waals surface area contributed by atoms with Gasteiger partial charge in [-0.2, -0.15) is 0 Å². The summed E-state index contributed by atoms with van der Waals surface area (Å²) >= 11 is 0. The second kappa shape index (κ2) is 7.62. The predicted molar refractivity (Wildman–Crippen MR) is 105 cm³/mol. The van der Waals surface area contributed by atoms with E-state index >= 15 is 0 Å². The Balaban J connectivity index is 1.50. The lowest BCUT2D eigenvalue weighted by molar-refractivity contribution is 0.223. The minimum Gasteiger partial charge on any atom is -0.489 e. The van der Waals surface area contributed by atoms with Crippen LogP contribution in [0.4, 0.5) is 5.69 Å². The van der Waals surface area contributed by atoms with Crippen molar-refractivity contribution in [1.29, 1.82) is 0 Å². The highest BCUT2D eigenvalue weighted by Gasteiger charge is 2.15. The fraction of sp³-hybridized carbons (Fsp3) is 0.286. The Labute approximate surface area is 153 Å². The Morgan fingerprint density at radius 3 is 2.88 bits per heavy atom. The lowest BCUT2D eigenvalue weighted by Crippen LogP contribution is -2.19. The maximum absolute atomic E-state index is 5.98. The number of fused-ring (bicyclic) bond motifs is 1. The van der Waals surface area contributed by atoms with Gasteiger partial charge in [0.25, 0.3) is 0 Å². The molecule has 3 aromatic rings. The summed E-state index contributed by atoms with van der Waals surface area (Å²) in [7, 11) is 0. The molecule has 5 nitrogen and oxygen atoms in total. The quantitative estimate of drug-likeness (QED) is 0.539. The van der Waals surface area contributed by atoms with Crippen LogP contribution in [-0.2, 0) is 0 Å². The number of nitrogens with zero attached hydrogens (tertiary/aromatic N) is 1. The Hall–Kier alpha value is -2.79. The number of hydrogen-bond acceptors (Lipinski definition) is 4. The van der Waals surface area contributed by atoms with Crippen LogP contribution in [0, 0.1) is 0 Å². The standard InChI is InChI=1S/C21H23N3O2/c1-2-23-21(16-3-8-20-15(13-16)10-12-25-20)24-17-4-6-18(7-5-17)26-19-9-11-22-14-19/h3-8,10,12-13,19,22H,2,9,11,14H2,1H3,(H,23,24)/t19-/m0/s1. The van der Waals surface area contributed by atoms with Gasteiger partial charge in [0.2, 0.25) is 0 Å². The van der Waals surface area contributed by atoms with Crippen LogP contribution in [-0.4, -0.2) is 31.6 Å². The van der Waals surface area contributed by atoms with Crippen molar-refractivity contribution in [2.24, 2.45) is 4.99 Å². The third kappa shape index (κ3) is 3.73. The summed E-state index contributed by atoms with van der Waals surface area (Å²) in [4.78, 5) is 4.62. The molecule has 2 aromatic carbocycles. The van der Waals surface area contributed by atoms with E-state index in [9.17, 15) is 0 Å². The second-order valence-electron chi connectivity index (χ2n) is 6.38. The second-order valence-corrected chi connectivity index (χ2v) is 6.38. The summed E-state index contributed by atoms with van der Waals surface area (Å²) in [6.45, 7) is 4.69. The summed E-state index contributed by atoms with van der Waals surface area (Å²) in [6, 6.07) is 16.1. The van der Waals surface area contributed by atoms with Crippen LogP contribution in [0.1, 0.15) is 18.9 Å². The van der Waals surface area contributed by atoms with E-state index in [0.717, 1.165) is 53.3 Å². The van der Waals surface area contributed by atoms with Gasteiger partial charge in [-0.15, -0.1) is 0 Å². The van der Waals surface area contributed by atoms with Crippen molar-refractivity contribution in [1.82, 2.24) is 5.32 Å². The smallest absolute Gasteiger partial charge is 0.133 e. The van der Waals surface area contributed by atoms with Gasteiger partial charge >= 0.3 is 0 Å². The molecule has 0 spiro atoms. The maximum atomic E-state index is 5.98. The predicted octanol–water partition coefficient (Wildman–Crippen LogP) is 4.05. The van der Waals surface area contributed by atoms with Gasteiger partial charge in [-0.25, -0.2) is 0 Å². The summed E-state index contributed by atoms with van der Waals surface area (Å²) < 4.78 is 11.4. The molecular formula is C21H23N3O2. The van der Waals surface area contributed by atoms with Crippen molar-refractivity contribution in [2.45, 2.75) is 19.4 Å². The van der Waals surface area contributed by atoms with Crippen LogP contribution < -0.4 is 15.4 Å². The molecule has 0 amide bonds. The molecule has 5 heteroatoms. The molecule has 0 aliphatic carbocycles. The van der Waals surface area contributed by atoms with Crippen LogP contribution in [0.5, 0.6) is 5.75 Å². The van der Waals surface area contributed by atoms with E-state index < -0.39 is 0 Å². The molecule has 1 aliphatic rings. The van der Waals surface area contributed by atoms with Gasteiger partial charge in [-0.3, -0.25) is 4.99 Å². The van der Waals surface area contributed by atoms with Crippen molar-refractivity contribution in [3.05, 3.63) is 60.4 Å². The molecule has 134 valence electrons. The van der Waals surface area contributed by atoms with E-state index in [-0.39, 0.29) is 6.10 Å². The SMILES string of the molecule is CCN=C(Nc1ccc(O[C@H]2CCNC2)cc1)c1ccc2occc2c1. The van der Waals surface area contributed by atoms with Crippen LogP contribution in [0.25, 0.3) is 11.0 Å². The topological polar surface area (TPSA) is 58.8 Å². The number of furan rings is 1. The molecule has 2 N–H and O–H groups in total. The third-order valence-corrected chi connectivity index (χ3v) is 4.48. The zero-order chi connectivity index (χ0) is 17.8. The van der Waals surface area contributed by atoms with E-state index in [0.29, 0.717) is 6.54 Å². The van der Waals surface area contributed by atoms with Crippen molar-refractivity contribution >= 4 is 22.5 Å². The van der Waals surface area contributed by atoms with Gasteiger partial charge in [-0.1, -0.05) is 0 Å². The highest BCUT2D eigenvalue weighted by Crippen LogP contribution is 2.21. The molecule has 2 heterocycles. The van der Waals surface area contributed by atoms with Gasteiger partial charge in [0.15, 0.2) is 0 Å². The minimum atomic E-state index is 0.271. The minimum absolute atomic E-state index is 0.271. The van der Waals surface area contributed by atoms with Crippen molar-refractivity contribution in [3.8, 4) is 5.75 Å². The highest BCUT2D eigenvalue weighted by molar-refractivity contribution is 6.09. The first kappa shape index (κ1) is 16.7. The Bertz CT molecular complexity index is 893. The van der Waals surface area contributed by atoms with Crippen molar-refractivity contribution in [2.75, 3.05) is 25.0 Å². The van der Waals surface area contributed by atoms with Crippen molar-refractivity contribution < 1.29 is 9.15 Å². The monoisotopic (exact) mass is 349 g/mol. The molecule has 0 unspecified atom stereocenters. The first-order valence-electron chi connectivity index (χ1n) is 9.08. The van der Waals surface area contributed by atoms with Gasteiger partial charge in [0.05, 0.1) is 6.26 Å². The van der Waals surface area contributed by atoms with E-state index in [1.54, 1.807) is 6.26 Å². The summed E-state index contributed by atoms with van der Waals surface area (Å²) in [5.74, 6) is 1.75. The van der Waals surface area contributed by atoms with Crippen LogP contribution in [0.15, 0.2) is 64.2 Å². The fourth-order valence-corrected chi connectivity index (χ4v) is 3.15. The Morgan fingerprint density at radius 2 is 2.12 bits per heavy atom. The molecule has 1 fully saturated rings. The third-order valence-electron chi connectivity index (χ3n) is 4.48. The van der Waals surface area contributed by atoms with Crippen LogP contribution >= 0.6 is 0 Å². The normalized spacial score (nSPS) is 17.6. The van der Waals surface area contributed by atoms with Gasteiger partial charge in [-0.05, 0) is 68.4 Å². The van der Waals surface area contributed by atoms with Gasteiger partial charge in [0.1, 0.15) is 23.3 Å². The van der Waals surface area contributed by atoms with Crippen LogP contribution in [0.2, 0.25) is 0 Å². The number of ether oxygens (including phenoxy) is 1. The zero-order valence-electron chi connectivity index (χ0n) is 14.9. The first-order valence-corrected chi connectivity index (χ1v) is 9.08. The fourth-order valence-electron chi connectivity index (χ4n) is 3.15. The largest absolute Gasteiger partial charge is 0.489 e. The molecule has 0 bridgehead atoms. The van der Waals surface area contributed by atoms with Gasteiger partial charge < -0.3 is 19.8 Å². The number of hydrogen-bond donors (Lipinski definition) is 2. The lowest BCUT2D eigenvalue weighted by Gasteiger charge is -2.14. The molecule has 0 saturated carbocycles. The average molecular weight is 349 g/mol. The van der Waals surface area contributed by atoms with Crippen LogP contribution in [0.3, 0.4) is 0 Å². The van der Waals surface area contributed by atoms with E-state index in [2.05, 4.69) is 21.7 Å². The lowest BCUT2D eigenvalue weighted by atomic mass is 10.1. The number of amidine groups is 1. The number of aliphatic imine (C=N–C) groups is 1. The van der Waals surface area contributed by atoms with Crippen molar-refractivity contribution in [3.63, 3.8) is 0 Å². The van der Waals surface area contributed by atoms with E-state index in [1.165, 1.54) is 0 Å². The number of rotatable bonds is 5. The molecule has 26 heavy (non-hydrogen) atoms. The summed E-state index contributed by atoms with van der Waals surface area (Å²) in [5.41, 5.74) is 2.91. The van der Waals surface area contributed by atoms with E-state index in [1.807, 2.05) is 49.4 Å². The van der Waals surface area contributed by atoms with Gasteiger partial charge in [0, 0.05) is 29.7 Å². The highest BCUT2D eigenvalue weighted by atomic mass is 16.5. The first-order chi connectivity index (χ1) is 12.8. The van der Waals surface area contributed by atoms with E-state index in [4.69, 9.17) is 9.15 Å².